The van der Waals surface area contributed by atoms with Crippen molar-refractivity contribution in [1.82, 2.24) is 9.99 Å². The lowest BCUT2D eigenvalue weighted by atomic mass is 10.1. The molecule has 0 aliphatic heterocycles. The third-order valence-corrected chi connectivity index (χ3v) is 4.42. The van der Waals surface area contributed by atoms with Gasteiger partial charge in [0.05, 0.1) is 29.3 Å². The quantitative estimate of drug-likeness (QED) is 0.584. The molecule has 2 N–H and O–H groups in total. The normalized spacial score (nSPS) is 10.6. The molecule has 1 aromatic heterocycles. The molecule has 0 unspecified atom stereocenters. The van der Waals surface area contributed by atoms with Crippen LogP contribution in [0.15, 0.2) is 34.2 Å². The van der Waals surface area contributed by atoms with Crippen molar-refractivity contribution in [2.75, 3.05) is 0 Å². The van der Waals surface area contributed by atoms with Crippen molar-refractivity contribution in [3.63, 3.8) is 0 Å². The van der Waals surface area contributed by atoms with E-state index in [0.717, 1.165) is 11.3 Å². The summed E-state index contributed by atoms with van der Waals surface area (Å²) < 4.78 is 1.27. The molecule has 1 aromatic carbocycles. The van der Waals surface area contributed by atoms with Gasteiger partial charge >= 0.3 is 10.8 Å². The molecule has 8 nitrogen and oxygen atoms in total. The molecular formula is C15H11ClN4O4S. The first-order chi connectivity index (χ1) is 11.9. The molecule has 0 bridgehead atoms. The monoisotopic (exact) mass is 378 g/mol. The molecule has 0 saturated carbocycles. The SMILES string of the molecule is N#CCC(=O)N/N=C/c1sc(=O)n(Cc2cccc(C(=O)O)c2)c1Cl. The van der Waals surface area contributed by atoms with E-state index in [2.05, 4.69) is 10.5 Å². The number of amides is 1. The standard InChI is InChI=1S/C15H11ClN4O4S/c16-13-11(7-18-19-12(21)4-5-17)25-15(24)20(13)8-9-2-1-3-10(6-9)14(22)23/h1-3,6-7H,4,8H2,(H,19,21)(H,22,23)/b18-7+. The van der Waals surface area contributed by atoms with Crippen molar-refractivity contribution in [2.45, 2.75) is 13.0 Å². The van der Waals surface area contributed by atoms with Gasteiger partial charge in [0.15, 0.2) is 0 Å². The molecule has 1 heterocycles. The summed E-state index contributed by atoms with van der Waals surface area (Å²) in [7, 11) is 0. The summed E-state index contributed by atoms with van der Waals surface area (Å²) in [6.07, 6.45) is 0.885. The Morgan fingerprint density at radius 3 is 2.92 bits per heavy atom. The largest absolute Gasteiger partial charge is 0.478 e. The Bertz CT molecular complexity index is 942. The summed E-state index contributed by atoms with van der Waals surface area (Å²) in [5, 5.41) is 21.1. The van der Waals surface area contributed by atoms with Gasteiger partial charge in [0.2, 0.25) is 0 Å². The van der Waals surface area contributed by atoms with Gasteiger partial charge in [0, 0.05) is 0 Å². The van der Waals surface area contributed by atoms with Gasteiger partial charge in [0.1, 0.15) is 11.6 Å². The summed E-state index contributed by atoms with van der Waals surface area (Å²) in [4.78, 5) is 34.2. The Balaban J connectivity index is 2.20. The predicted molar refractivity (Wildman–Crippen MR) is 92.1 cm³/mol. The van der Waals surface area contributed by atoms with E-state index in [9.17, 15) is 14.4 Å². The Morgan fingerprint density at radius 2 is 2.24 bits per heavy atom. The maximum Gasteiger partial charge on any atom is 0.335 e. The van der Waals surface area contributed by atoms with E-state index in [1.54, 1.807) is 18.2 Å². The van der Waals surface area contributed by atoms with Gasteiger partial charge in [-0.25, -0.2) is 10.2 Å². The number of carbonyl (C=O) groups is 2. The molecule has 0 spiro atoms. The lowest BCUT2D eigenvalue weighted by Gasteiger charge is -2.05. The number of halogens is 1. The van der Waals surface area contributed by atoms with E-state index in [4.69, 9.17) is 22.0 Å². The van der Waals surface area contributed by atoms with Crippen LogP contribution in [0.1, 0.15) is 27.2 Å². The molecule has 0 saturated heterocycles. The second-order valence-corrected chi connectivity index (χ2v) is 6.09. The van der Waals surface area contributed by atoms with Crippen LogP contribution < -0.4 is 10.3 Å². The number of aromatic carboxylic acids is 1. The topological polar surface area (TPSA) is 125 Å². The first-order valence-corrected chi connectivity index (χ1v) is 8.02. The number of hydrogen-bond acceptors (Lipinski definition) is 6. The highest BCUT2D eigenvalue weighted by molar-refractivity contribution is 7.11. The summed E-state index contributed by atoms with van der Waals surface area (Å²) in [6, 6.07) is 7.85. The number of hydrogen-bond donors (Lipinski definition) is 2. The van der Waals surface area contributed by atoms with Crippen LogP contribution in [0.5, 0.6) is 0 Å². The molecule has 1 amide bonds. The fraction of sp³-hybridized carbons (Fsp3) is 0.133. The predicted octanol–water partition coefficient (Wildman–Crippen LogP) is 1.67. The van der Waals surface area contributed by atoms with Gasteiger partial charge in [-0.15, -0.1) is 0 Å². The fourth-order valence-electron chi connectivity index (χ4n) is 1.88. The minimum absolute atomic E-state index is 0.101. The number of thiazole rings is 1. The highest BCUT2D eigenvalue weighted by Crippen LogP contribution is 2.18. The number of nitrogens with zero attached hydrogens (tertiary/aromatic N) is 3. The molecule has 2 rings (SSSR count). The van der Waals surface area contributed by atoms with Crippen LogP contribution in [0, 0.1) is 11.3 Å². The third-order valence-electron chi connectivity index (χ3n) is 2.98. The van der Waals surface area contributed by atoms with Gasteiger partial charge in [-0.1, -0.05) is 35.1 Å². The summed E-state index contributed by atoms with van der Waals surface area (Å²) >= 11 is 6.99. The zero-order valence-electron chi connectivity index (χ0n) is 12.6. The van der Waals surface area contributed by atoms with Crippen LogP contribution in [0.2, 0.25) is 5.15 Å². The highest BCUT2D eigenvalue weighted by Gasteiger charge is 2.13. The number of nitrogens with one attached hydrogen (secondary N) is 1. The third kappa shape index (κ3) is 4.76. The molecule has 0 atom stereocenters. The number of nitriles is 1. The Hall–Kier alpha value is -2.96. The van der Waals surface area contributed by atoms with E-state index in [0.29, 0.717) is 10.4 Å². The van der Waals surface area contributed by atoms with Crippen LogP contribution in [0.25, 0.3) is 0 Å². The highest BCUT2D eigenvalue weighted by atomic mass is 35.5. The van der Waals surface area contributed by atoms with Crippen molar-refractivity contribution >= 4 is 41.0 Å². The molecule has 0 aliphatic rings. The molecule has 25 heavy (non-hydrogen) atoms. The molecular weight excluding hydrogens is 368 g/mol. The first kappa shape index (κ1) is 18.4. The van der Waals surface area contributed by atoms with Crippen molar-refractivity contribution in [2.24, 2.45) is 5.10 Å². The number of hydrazone groups is 1. The lowest BCUT2D eigenvalue weighted by molar-refractivity contribution is -0.120. The molecule has 0 fully saturated rings. The van der Waals surface area contributed by atoms with Crippen molar-refractivity contribution in [3.8, 4) is 6.07 Å². The maximum atomic E-state index is 12.1. The summed E-state index contributed by atoms with van der Waals surface area (Å²) in [5.74, 6) is -1.64. The number of carboxylic acid groups (broad SMARTS) is 1. The summed E-state index contributed by atoms with van der Waals surface area (Å²) in [6.45, 7) is 0.101. The zero-order valence-corrected chi connectivity index (χ0v) is 14.2. The van der Waals surface area contributed by atoms with Gasteiger partial charge in [0.25, 0.3) is 5.91 Å². The maximum absolute atomic E-state index is 12.1. The fourth-order valence-corrected chi connectivity index (χ4v) is 2.98. The minimum Gasteiger partial charge on any atom is -0.478 e. The van der Waals surface area contributed by atoms with Gasteiger partial charge in [-0.05, 0) is 17.7 Å². The molecule has 10 heteroatoms. The number of carbonyl (C=O) groups excluding carboxylic acids is 1. The molecule has 2 aromatic rings. The second kappa shape index (κ2) is 8.23. The lowest BCUT2D eigenvalue weighted by Crippen LogP contribution is -2.16. The second-order valence-electron chi connectivity index (χ2n) is 4.74. The Kier molecular flexibility index (Phi) is 6.05. The summed E-state index contributed by atoms with van der Waals surface area (Å²) in [5.41, 5.74) is 2.85. The van der Waals surface area contributed by atoms with Crippen LogP contribution in [0.3, 0.4) is 0 Å². The average molecular weight is 379 g/mol. The van der Waals surface area contributed by atoms with Gasteiger partial charge in [-0.2, -0.15) is 10.4 Å². The zero-order chi connectivity index (χ0) is 18.4. The average Bonchev–Trinajstić information content (AvgIpc) is 2.83. The number of carboxylic acids is 1. The van der Waals surface area contributed by atoms with Crippen LogP contribution in [-0.4, -0.2) is 27.8 Å². The number of aromatic nitrogens is 1. The van der Waals surface area contributed by atoms with Gasteiger partial charge in [-0.3, -0.25) is 14.2 Å². The van der Waals surface area contributed by atoms with Crippen LogP contribution in [0.4, 0.5) is 0 Å². The van der Waals surface area contributed by atoms with Gasteiger partial charge < -0.3 is 5.11 Å². The van der Waals surface area contributed by atoms with Crippen LogP contribution >= 0.6 is 22.9 Å². The van der Waals surface area contributed by atoms with E-state index < -0.39 is 11.9 Å². The van der Waals surface area contributed by atoms with Crippen molar-refractivity contribution < 1.29 is 14.7 Å². The van der Waals surface area contributed by atoms with E-state index in [1.165, 1.54) is 22.9 Å². The van der Waals surface area contributed by atoms with E-state index >= 15 is 0 Å². The first-order valence-electron chi connectivity index (χ1n) is 6.82. The molecule has 0 aliphatic carbocycles. The number of benzene rings is 1. The Labute approximate surface area is 150 Å². The Morgan fingerprint density at radius 1 is 1.48 bits per heavy atom. The van der Waals surface area contributed by atoms with E-state index in [-0.39, 0.29) is 28.6 Å². The smallest absolute Gasteiger partial charge is 0.335 e. The molecule has 128 valence electrons. The van der Waals surface area contributed by atoms with Crippen molar-refractivity contribution in [1.29, 1.82) is 5.26 Å². The minimum atomic E-state index is -1.06. The van der Waals surface area contributed by atoms with Crippen LogP contribution in [-0.2, 0) is 11.3 Å². The molecule has 0 radical (unpaired) electrons. The van der Waals surface area contributed by atoms with Crippen molar-refractivity contribution in [3.05, 3.63) is 55.1 Å². The number of rotatable bonds is 6. The van der Waals surface area contributed by atoms with E-state index in [1.807, 2.05) is 0 Å².